The quantitative estimate of drug-likeness (QED) is 0.914. The smallest absolute Gasteiger partial charge is 0.258 e. The summed E-state index contributed by atoms with van der Waals surface area (Å²) in [6.07, 6.45) is 3.25. The first-order chi connectivity index (χ1) is 11.0. The minimum atomic E-state index is -1.23. The van der Waals surface area contributed by atoms with Crippen LogP contribution in [0, 0.1) is 17.6 Å². The highest BCUT2D eigenvalue weighted by Crippen LogP contribution is 2.40. The van der Waals surface area contributed by atoms with Crippen molar-refractivity contribution in [3.05, 3.63) is 41.5 Å². The van der Waals surface area contributed by atoms with Crippen LogP contribution in [-0.2, 0) is 7.05 Å². The number of benzene rings is 1. The molecule has 0 aliphatic heterocycles. The SMILES string of the molecule is COc1ccc(F)c(F)c1C(=O)N[C@H](c1ncnn1C)C1CC1. The van der Waals surface area contributed by atoms with E-state index in [0.717, 1.165) is 18.9 Å². The van der Waals surface area contributed by atoms with Gasteiger partial charge in [0.05, 0.1) is 13.2 Å². The first kappa shape index (κ1) is 15.4. The molecule has 1 fully saturated rings. The summed E-state index contributed by atoms with van der Waals surface area (Å²) in [5.41, 5.74) is -0.444. The second-order valence-electron chi connectivity index (χ2n) is 5.47. The molecule has 0 spiro atoms. The molecule has 1 N–H and O–H groups in total. The molecule has 1 atom stereocenters. The number of amides is 1. The normalized spacial score (nSPS) is 15.3. The molecule has 1 heterocycles. The molecule has 0 saturated heterocycles. The van der Waals surface area contributed by atoms with Crippen molar-refractivity contribution in [2.24, 2.45) is 13.0 Å². The van der Waals surface area contributed by atoms with Crippen molar-refractivity contribution in [3.63, 3.8) is 0 Å². The van der Waals surface area contributed by atoms with Gasteiger partial charge >= 0.3 is 0 Å². The number of hydrogen-bond donors (Lipinski definition) is 1. The summed E-state index contributed by atoms with van der Waals surface area (Å²) in [5, 5.41) is 6.72. The fraction of sp³-hybridized carbons (Fsp3) is 0.400. The Balaban J connectivity index is 1.92. The van der Waals surface area contributed by atoms with Gasteiger partial charge < -0.3 is 10.1 Å². The number of aryl methyl sites for hydroxylation is 1. The molecular formula is C15H16F2N4O2. The third-order valence-electron chi connectivity index (χ3n) is 3.91. The van der Waals surface area contributed by atoms with Crippen molar-refractivity contribution >= 4 is 5.91 Å². The van der Waals surface area contributed by atoms with E-state index in [9.17, 15) is 13.6 Å². The van der Waals surface area contributed by atoms with Crippen LogP contribution in [0.2, 0.25) is 0 Å². The predicted octanol–water partition coefficient (Wildman–Crippen LogP) is 1.98. The Morgan fingerprint density at radius 2 is 2.17 bits per heavy atom. The fourth-order valence-electron chi connectivity index (χ4n) is 2.54. The minimum absolute atomic E-state index is 0.0195. The van der Waals surface area contributed by atoms with Crippen LogP contribution < -0.4 is 10.1 Å². The zero-order valence-electron chi connectivity index (χ0n) is 12.7. The Morgan fingerprint density at radius 3 is 2.74 bits per heavy atom. The van der Waals surface area contributed by atoms with Gasteiger partial charge in [-0.2, -0.15) is 5.10 Å². The van der Waals surface area contributed by atoms with Gasteiger partial charge in [-0.1, -0.05) is 0 Å². The second-order valence-corrected chi connectivity index (χ2v) is 5.47. The van der Waals surface area contributed by atoms with E-state index in [1.165, 1.54) is 19.5 Å². The Hall–Kier alpha value is -2.51. The van der Waals surface area contributed by atoms with Crippen LogP contribution in [-0.4, -0.2) is 27.8 Å². The molecule has 8 heteroatoms. The molecule has 2 aromatic rings. The van der Waals surface area contributed by atoms with Crippen molar-refractivity contribution in [2.45, 2.75) is 18.9 Å². The molecule has 6 nitrogen and oxygen atoms in total. The molecule has 1 aromatic heterocycles. The molecule has 1 saturated carbocycles. The zero-order chi connectivity index (χ0) is 16.6. The molecule has 1 amide bonds. The standard InChI is InChI=1S/C15H16F2N4O2/c1-21-14(18-7-19-21)13(8-3-4-8)20-15(22)11-10(23-2)6-5-9(16)12(11)17/h5-8,13H,3-4H2,1-2H3,(H,20,22)/t13-/m0/s1. The lowest BCUT2D eigenvalue weighted by Gasteiger charge is -2.18. The summed E-state index contributed by atoms with van der Waals surface area (Å²) in [5.74, 6) is -2.29. The van der Waals surface area contributed by atoms with Crippen molar-refractivity contribution < 1.29 is 18.3 Å². The Morgan fingerprint density at radius 1 is 1.43 bits per heavy atom. The third kappa shape index (κ3) is 2.88. The van der Waals surface area contributed by atoms with E-state index in [0.29, 0.717) is 5.82 Å². The Kier molecular flexibility index (Phi) is 3.97. The Bertz CT molecular complexity index is 743. The van der Waals surface area contributed by atoms with Crippen LogP contribution in [0.4, 0.5) is 8.78 Å². The molecule has 0 radical (unpaired) electrons. The molecule has 1 aromatic carbocycles. The number of nitrogens with zero attached hydrogens (tertiary/aromatic N) is 3. The highest BCUT2D eigenvalue weighted by atomic mass is 19.2. The number of halogens is 2. The van der Waals surface area contributed by atoms with Crippen LogP contribution in [0.3, 0.4) is 0 Å². The zero-order valence-corrected chi connectivity index (χ0v) is 12.7. The van der Waals surface area contributed by atoms with Crippen LogP contribution in [0.5, 0.6) is 5.75 Å². The number of ether oxygens (including phenoxy) is 1. The van der Waals surface area contributed by atoms with Crippen LogP contribution >= 0.6 is 0 Å². The van der Waals surface area contributed by atoms with E-state index in [1.54, 1.807) is 11.7 Å². The maximum Gasteiger partial charge on any atom is 0.258 e. The lowest BCUT2D eigenvalue weighted by Crippen LogP contribution is -2.32. The van der Waals surface area contributed by atoms with E-state index in [1.807, 2.05) is 0 Å². The lowest BCUT2D eigenvalue weighted by molar-refractivity contribution is 0.0920. The summed E-state index contributed by atoms with van der Waals surface area (Å²) < 4.78 is 34.0. The average Bonchev–Trinajstić information content (AvgIpc) is 3.29. The van der Waals surface area contributed by atoms with Crippen molar-refractivity contribution in [1.29, 1.82) is 0 Å². The van der Waals surface area contributed by atoms with Gasteiger partial charge in [0.15, 0.2) is 11.6 Å². The molecule has 1 aliphatic carbocycles. The number of aromatic nitrogens is 3. The monoisotopic (exact) mass is 322 g/mol. The topological polar surface area (TPSA) is 69.0 Å². The number of carbonyl (C=O) groups is 1. The summed E-state index contributed by atoms with van der Waals surface area (Å²) in [6.45, 7) is 0. The molecule has 0 unspecified atom stereocenters. The maximum atomic E-state index is 14.0. The van der Waals surface area contributed by atoms with Gasteiger partial charge in [0.2, 0.25) is 0 Å². The lowest BCUT2D eigenvalue weighted by atomic mass is 10.1. The molecule has 23 heavy (non-hydrogen) atoms. The number of carbonyl (C=O) groups excluding carboxylic acids is 1. The predicted molar refractivity (Wildman–Crippen MR) is 76.8 cm³/mol. The maximum absolute atomic E-state index is 14.0. The molecular weight excluding hydrogens is 306 g/mol. The van der Waals surface area contributed by atoms with E-state index in [2.05, 4.69) is 15.4 Å². The minimum Gasteiger partial charge on any atom is -0.496 e. The van der Waals surface area contributed by atoms with E-state index >= 15 is 0 Å². The summed E-state index contributed by atoms with van der Waals surface area (Å²) in [7, 11) is 3.01. The summed E-state index contributed by atoms with van der Waals surface area (Å²) in [4.78, 5) is 16.6. The number of methoxy groups -OCH3 is 1. The second kappa shape index (κ2) is 5.94. The molecule has 3 rings (SSSR count). The van der Waals surface area contributed by atoms with E-state index in [-0.39, 0.29) is 11.7 Å². The van der Waals surface area contributed by atoms with Gasteiger partial charge in [-0.3, -0.25) is 9.48 Å². The molecule has 122 valence electrons. The van der Waals surface area contributed by atoms with Crippen LogP contribution in [0.1, 0.15) is 35.1 Å². The summed E-state index contributed by atoms with van der Waals surface area (Å²) in [6, 6.07) is 1.75. The summed E-state index contributed by atoms with van der Waals surface area (Å²) >= 11 is 0. The van der Waals surface area contributed by atoms with Gasteiger partial charge in [0.1, 0.15) is 23.5 Å². The van der Waals surface area contributed by atoms with Gasteiger partial charge in [0.25, 0.3) is 5.91 Å². The van der Waals surface area contributed by atoms with Gasteiger partial charge in [0, 0.05) is 7.05 Å². The van der Waals surface area contributed by atoms with Crippen molar-refractivity contribution in [3.8, 4) is 5.75 Å². The highest BCUT2D eigenvalue weighted by molar-refractivity contribution is 5.97. The largest absolute Gasteiger partial charge is 0.496 e. The number of rotatable bonds is 5. The Labute approximate surface area is 131 Å². The van der Waals surface area contributed by atoms with E-state index in [4.69, 9.17) is 4.74 Å². The van der Waals surface area contributed by atoms with Gasteiger partial charge in [-0.25, -0.2) is 13.8 Å². The van der Waals surface area contributed by atoms with Crippen LogP contribution in [0.25, 0.3) is 0 Å². The average molecular weight is 322 g/mol. The third-order valence-corrected chi connectivity index (χ3v) is 3.91. The molecule has 0 bridgehead atoms. The van der Waals surface area contributed by atoms with Crippen LogP contribution in [0.15, 0.2) is 18.5 Å². The van der Waals surface area contributed by atoms with E-state index < -0.39 is 29.1 Å². The first-order valence-corrected chi connectivity index (χ1v) is 7.19. The van der Waals surface area contributed by atoms with Crippen molar-refractivity contribution in [2.75, 3.05) is 7.11 Å². The van der Waals surface area contributed by atoms with Crippen molar-refractivity contribution in [1.82, 2.24) is 20.1 Å². The number of nitrogens with one attached hydrogen (secondary N) is 1. The first-order valence-electron chi connectivity index (χ1n) is 7.19. The molecule has 1 aliphatic rings. The number of hydrogen-bond acceptors (Lipinski definition) is 4. The fourth-order valence-corrected chi connectivity index (χ4v) is 2.54. The van der Waals surface area contributed by atoms with Gasteiger partial charge in [-0.15, -0.1) is 0 Å². The highest BCUT2D eigenvalue weighted by Gasteiger charge is 2.37. The van der Waals surface area contributed by atoms with Gasteiger partial charge in [-0.05, 0) is 30.9 Å².